The Morgan fingerprint density at radius 1 is 1.21 bits per heavy atom. The number of benzene rings is 1. The molecule has 0 fully saturated rings. The van der Waals surface area contributed by atoms with E-state index in [9.17, 15) is 4.79 Å². The minimum absolute atomic E-state index is 0.206. The van der Waals surface area contributed by atoms with Gasteiger partial charge in [0.2, 0.25) is 5.91 Å². The molecule has 0 radical (unpaired) electrons. The summed E-state index contributed by atoms with van der Waals surface area (Å²) in [6.45, 7) is 12.8. The van der Waals surface area contributed by atoms with Gasteiger partial charge in [0.25, 0.3) is 0 Å². The fraction of sp³-hybridized carbons (Fsp3) is 0.562. The van der Waals surface area contributed by atoms with Crippen LogP contribution in [-0.4, -0.2) is 12.5 Å². The van der Waals surface area contributed by atoms with E-state index in [1.165, 1.54) is 22.3 Å². The molecule has 1 amide bonds. The van der Waals surface area contributed by atoms with Gasteiger partial charge in [-0.15, -0.1) is 0 Å². The Morgan fingerprint density at radius 2 is 1.74 bits per heavy atom. The maximum Gasteiger partial charge on any atom is 0.224 e. The maximum absolute atomic E-state index is 11.3. The van der Waals surface area contributed by atoms with Crippen LogP contribution in [0, 0.1) is 26.2 Å². The lowest BCUT2D eigenvalue weighted by molar-refractivity contribution is -0.125. The second kappa shape index (κ2) is 5.74. The van der Waals surface area contributed by atoms with Crippen LogP contribution < -0.4 is 11.1 Å². The first kappa shape index (κ1) is 15.7. The zero-order valence-corrected chi connectivity index (χ0v) is 12.9. The third-order valence-corrected chi connectivity index (χ3v) is 3.87. The number of amides is 1. The van der Waals surface area contributed by atoms with Gasteiger partial charge in [-0.1, -0.05) is 12.1 Å². The molecule has 0 aliphatic carbocycles. The van der Waals surface area contributed by atoms with E-state index in [4.69, 9.17) is 5.73 Å². The maximum atomic E-state index is 11.3. The highest BCUT2D eigenvalue weighted by molar-refractivity contribution is 5.80. The number of primary amides is 1. The van der Waals surface area contributed by atoms with Gasteiger partial charge >= 0.3 is 0 Å². The highest BCUT2D eigenvalue weighted by Gasteiger charge is 2.25. The summed E-state index contributed by atoms with van der Waals surface area (Å²) in [5.41, 5.74) is 10.0. The fourth-order valence-corrected chi connectivity index (χ4v) is 2.05. The van der Waals surface area contributed by atoms with Crippen LogP contribution >= 0.6 is 0 Å². The van der Waals surface area contributed by atoms with Crippen molar-refractivity contribution in [2.24, 2.45) is 11.1 Å². The number of carbonyl (C=O) groups is 1. The van der Waals surface area contributed by atoms with Crippen molar-refractivity contribution in [1.29, 1.82) is 0 Å². The summed E-state index contributed by atoms with van der Waals surface area (Å²) in [6, 6.07) is 4.64. The summed E-state index contributed by atoms with van der Waals surface area (Å²) < 4.78 is 0. The van der Waals surface area contributed by atoms with Crippen LogP contribution in [0.1, 0.15) is 49.1 Å². The molecule has 0 heterocycles. The first-order chi connectivity index (χ1) is 8.65. The molecular formula is C16H26N2O. The number of hydrogen-bond donors (Lipinski definition) is 2. The van der Waals surface area contributed by atoms with Crippen molar-refractivity contribution < 1.29 is 4.79 Å². The van der Waals surface area contributed by atoms with Crippen LogP contribution in [0.3, 0.4) is 0 Å². The van der Waals surface area contributed by atoms with Gasteiger partial charge in [0.15, 0.2) is 0 Å². The van der Waals surface area contributed by atoms with E-state index in [-0.39, 0.29) is 11.9 Å². The van der Waals surface area contributed by atoms with E-state index >= 15 is 0 Å². The van der Waals surface area contributed by atoms with Crippen molar-refractivity contribution in [3.63, 3.8) is 0 Å². The highest BCUT2D eigenvalue weighted by Crippen LogP contribution is 2.23. The molecule has 0 aromatic heterocycles. The second-order valence-corrected chi connectivity index (χ2v) is 6.14. The van der Waals surface area contributed by atoms with Gasteiger partial charge < -0.3 is 11.1 Å². The first-order valence-corrected chi connectivity index (χ1v) is 6.76. The quantitative estimate of drug-likeness (QED) is 0.857. The minimum atomic E-state index is -0.526. The molecule has 3 N–H and O–H groups in total. The average molecular weight is 262 g/mol. The summed E-state index contributed by atoms with van der Waals surface area (Å²) in [6.07, 6.45) is 0. The molecule has 0 aliphatic rings. The van der Waals surface area contributed by atoms with Gasteiger partial charge in [-0.3, -0.25) is 4.79 Å². The molecule has 0 saturated heterocycles. The predicted molar refractivity (Wildman–Crippen MR) is 80.0 cm³/mol. The molecule has 0 aliphatic heterocycles. The average Bonchev–Trinajstić information content (AvgIpc) is 2.30. The molecule has 3 nitrogen and oxygen atoms in total. The zero-order valence-electron chi connectivity index (χ0n) is 12.9. The van der Waals surface area contributed by atoms with Gasteiger partial charge in [0.05, 0.1) is 5.41 Å². The molecule has 3 heteroatoms. The van der Waals surface area contributed by atoms with Gasteiger partial charge in [-0.25, -0.2) is 0 Å². The SMILES string of the molecule is Cc1cc(C)c(C(C)NCC(C)(C)C(N)=O)cc1C. The van der Waals surface area contributed by atoms with Crippen molar-refractivity contribution in [1.82, 2.24) is 5.32 Å². The summed E-state index contributed by atoms with van der Waals surface area (Å²) in [5.74, 6) is -0.274. The number of nitrogens with two attached hydrogens (primary N) is 1. The number of hydrogen-bond acceptors (Lipinski definition) is 2. The monoisotopic (exact) mass is 262 g/mol. The first-order valence-electron chi connectivity index (χ1n) is 6.76. The number of aryl methyl sites for hydroxylation is 3. The highest BCUT2D eigenvalue weighted by atomic mass is 16.1. The summed E-state index contributed by atoms with van der Waals surface area (Å²) in [7, 11) is 0. The molecule has 0 bridgehead atoms. The third-order valence-electron chi connectivity index (χ3n) is 3.87. The topological polar surface area (TPSA) is 55.1 Å². The molecule has 1 aromatic rings. The Bertz CT molecular complexity index is 478. The normalized spacial score (nSPS) is 13.4. The lowest BCUT2D eigenvalue weighted by atomic mass is 9.91. The Kier molecular flexibility index (Phi) is 4.75. The van der Waals surface area contributed by atoms with Crippen molar-refractivity contribution in [3.8, 4) is 0 Å². The minimum Gasteiger partial charge on any atom is -0.369 e. The molecule has 0 spiro atoms. The molecule has 106 valence electrons. The number of carbonyl (C=O) groups excluding carboxylic acids is 1. The van der Waals surface area contributed by atoms with Crippen LogP contribution in [0.4, 0.5) is 0 Å². The van der Waals surface area contributed by atoms with Crippen molar-refractivity contribution >= 4 is 5.91 Å². The lowest BCUT2D eigenvalue weighted by Crippen LogP contribution is -2.41. The van der Waals surface area contributed by atoms with E-state index in [2.05, 4.69) is 45.1 Å². The van der Waals surface area contributed by atoms with Gasteiger partial charge in [-0.05, 0) is 63.8 Å². The van der Waals surface area contributed by atoms with E-state index in [1.54, 1.807) is 0 Å². The Hall–Kier alpha value is -1.35. The predicted octanol–water partition coefficient (Wildman–Crippen LogP) is 2.77. The standard InChI is InChI=1S/C16H26N2O/c1-10-7-12(3)14(8-11(10)2)13(4)18-9-16(5,6)15(17)19/h7-8,13,18H,9H2,1-6H3,(H2,17,19). The van der Waals surface area contributed by atoms with E-state index < -0.39 is 5.41 Å². The van der Waals surface area contributed by atoms with Crippen molar-refractivity contribution in [2.45, 2.75) is 47.6 Å². The second-order valence-electron chi connectivity index (χ2n) is 6.14. The van der Waals surface area contributed by atoms with E-state index in [0.717, 1.165) is 0 Å². The molecule has 1 rings (SSSR count). The van der Waals surface area contributed by atoms with Crippen LogP contribution in [0.25, 0.3) is 0 Å². The number of rotatable bonds is 5. The Balaban J connectivity index is 2.82. The summed E-state index contributed by atoms with van der Waals surface area (Å²) in [4.78, 5) is 11.3. The van der Waals surface area contributed by atoms with Crippen LogP contribution in [-0.2, 0) is 4.79 Å². The molecular weight excluding hydrogens is 236 g/mol. The summed E-state index contributed by atoms with van der Waals surface area (Å²) in [5, 5.41) is 3.41. The van der Waals surface area contributed by atoms with Gasteiger partial charge in [-0.2, -0.15) is 0 Å². The van der Waals surface area contributed by atoms with Gasteiger partial charge in [0.1, 0.15) is 0 Å². The fourth-order valence-electron chi connectivity index (χ4n) is 2.05. The Labute approximate surface area is 116 Å². The molecule has 1 atom stereocenters. The summed E-state index contributed by atoms with van der Waals surface area (Å²) >= 11 is 0. The van der Waals surface area contributed by atoms with Crippen LogP contribution in [0.5, 0.6) is 0 Å². The smallest absolute Gasteiger partial charge is 0.224 e. The lowest BCUT2D eigenvalue weighted by Gasteiger charge is -2.25. The Morgan fingerprint density at radius 3 is 2.26 bits per heavy atom. The van der Waals surface area contributed by atoms with Crippen molar-refractivity contribution in [2.75, 3.05) is 6.54 Å². The van der Waals surface area contributed by atoms with E-state index in [0.29, 0.717) is 6.54 Å². The number of nitrogens with one attached hydrogen (secondary N) is 1. The van der Waals surface area contributed by atoms with Crippen LogP contribution in [0.2, 0.25) is 0 Å². The molecule has 1 aromatic carbocycles. The molecule has 0 saturated carbocycles. The van der Waals surface area contributed by atoms with Crippen molar-refractivity contribution in [3.05, 3.63) is 34.4 Å². The van der Waals surface area contributed by atoms with Gasteiger partial charge in [0, 0.05) is 12.6 Å². The molecule has 19 heavy (non-hydrogen) atoms. The van der Waals surface area contributed by atoms with E-state index in [1.807, 2.05) is 13.8 Å². The zero-order chi connectivity index (χ0) is 14.8. The largest absolute Gasteiger partial charge is 0.369 e. The molecule has 1 unspecified atom stereocenters. The third kappa shape index (κ3) is 3.80. The van der Waals surface area contributed by atoms with Crippen LogP contribution in [0.15, 0.2) is 12.1 Å².